The van der Waals surface area contributed by atoms with Crippen LogP contribution in [0.25, 0.3) is 5.57 Å². The van der Waals surface area contributed by atoms with E-state index in [1.165, 1.54) is 5.57 Å². The van der Waals surface area contributed by atoms with Crippen LogP contribution in [0.3, 0.4) is 0 Å². The van der Waals surface area contributed by atoms with Gasteiger partial charge >= 0.3 is 0 Å². The van der Waals surface area contributed by atoms with Crippen LogP contribution in [0.4, 0.5) is 0 Å². The molecule has 130 valence electrons. The fourth-order valence-electron chi connectivity index (χ4n) is 3.94. The first-order chi connectivity index (χ1) is 11.5. The van der Waals surface area contributed by atoms with Crippen LogP contribution in [-0.2, 0) is 4.84 Å². The van der Waals surface area contributed by atoms with Gasteiger partial charge in [-0.15, -0.1) is 0 Å². The lowest BCUT2D eigenvalue weighted by atomic mass is 9.85. The minimum Gasteiger partial charge on any atom is -0.399 e. The van der Waals surface area contributed by atoms with E-state index in [1.807, 2.05) is 25.1 Å². The van der Waals surface area contributed by atoms with Gasteiger partial charge in [-0.25, -0.2) is 0 Å². The molecular weight excluding hydrogens is 347 g/mol. The fraction of sp³-hybridized carbons (Fsp3) is 0.500. The monoisotopic (exact) mass is 368 g/mol. The quantitative estimate of drug-likeness (QED) is 0.645. The van der Waals surface area contributed by atoms with Crippen LogP contribution in [-0.4, -0.2) is 48.1 Å². The summed E-state index contributed by atoms with van der Waals surface area (Å²) in [4.78, 5) is 7.31. The molecule has 0 radical (unpaired) electrons. The normalized spacial score (nSPS) is 27.8. The van der Waals surface area contributed by atoms with Gasteiger partial charge in [-0.05, 0) is 49.6 Å². The number of aliphatic hydroxyl groups is 1. The smallest absolute Gasteiger partial charge is 0.106 e. The minimum absolute atomic E-state index is 0.0675. The van der Waals surface area contributed by atoms with Crippen LogP contribution >= 0.6 is 23.2 Å². The second-order valence-electron chi connectivity index (χ2n) is 6.37. The first-order valence-electron chi connectivity index (χ1n) is 8.16. The predicted molar refractivity (Wildman–Crippen MR) is 98.7 cm³/mol. The standard InChI is InChI=1S/C18H22Cl2N2O2/c1-4-15(21-24-3)17-12(10-5-6-13(19)14(20)7-10)8-11-9-16(23)18(17)22(11)2/h5-7,11,16,18,23H,4,8-9H2,1-3H3. The summed E-state index contributed by atoms with van der Waals surface area (Å²) in [7, 11) is 3.62. The van der Waals surface area contributed by atoms with Crippen LogP contribution in [0, 0.1) is 0 Å². The largest absolute Gasteiger partial charge is 0.399 e. The Balaban J connectivity index is 2.19. The molecular formula is C18H22Cl2N2O2. The van der Waals surface area contributed by atoms with Gasteiger partial charge in [-0.3, -0.25) is 4.90 Å². The van der Waals surface area contributed by atoms with Crippen LogP contribution in [0.5, 0.6) is 0 Å². The van der Waals surface area contributed by atoms with E-state index in [1.54, 1.807) is 7.11 Å². The highest BCUT2D eigenvalue weighted by molar-refractivity contribution is 6.42. The van der Waals surface area contributed by atoms with Gasteiger partial charge in [0.2, 0.25) is 0 Å². The van der Waals surface area contributed by atoms with Crippen molar-refractivity contribution in [1.82, 2.24) is 4.90 Å². The minimum atomic E-state index is -0.399. The van der Waals surface area contributed by atoms with Gasteiger partial charge in [0.1, 0.15) is 7.11 Å². The van der Waals surface area contributed by atoms with Crippen molar-refractivity contribution in [2.75, 3.05) is 14.2 Å². The highest BCUT2D eigenvalue weighted by Gasteiger charge is 2.46. The average molecular weight is 369 g/mol. The Hall–Kier alpha value is -1.07. The summed E-state index contributed by atoms with van der Waals surface area (Å²) in [6, 6.07) is 5.96. The highest BCUT2D eigenvalue weighted by Crippen LogP contribution is 2.44. The Labute approximate surface area is 152 Å². The molecule has 0 amide bonds. The zero-order valence-corrected chi connectivity index (χ0v) is 15.6. The van der Waals surface area contributed by atoms with Gasteiger partial charge in [-0.1, -0.05) is 41.3 Å². The van der Waals surface area contributed by atoms with Gasteiger partial charge in [0.05, 0.1) is 27.9 Å². The third kappa shape index (κ3) is 2.97. The molecule has 0 aliphatic carbocycles. The second-order valence-corrected chi connectivity index (χ2v) is 7.18. The van der Waals surface area contributed by atoms with Crippen molar-refractivity contribution in [3.8, 4) is 0 Å². The first kappa shape index (κ1) is 17.7. The lowest BCUT2D eigenvalue weighted by molar-refractivity contribution is 0.143. The lowest BCUT2D eigenvalue weighted by Gasteiger charge is -2.36. The molecule has 2 bridgehead atoms. The Bertz CT molecular complexity index is 702. The van der Waals surface area contributed by atoms with E-state index < -0.39 is 6.10 Å². The van der Waals surface area contributed by atoms with Gasteiger partial charge in [0, 0.05) is 11.6 Å². The van der Waals surface area contributed by atoms with Crippen molar-refractivity contribution in [3.63, 3.8) is 0 Å². The molecule has 24 heavy (non-hydrogen) atoms. The molecule has 4 nitrogen and oxygen atoms in total. The Morgan fingerprint density at radius 2 is 2.12 bits per heavy atom. The molecule has 0 saturated carbocycles. The molecule has 1 fully saturated rings. The van der Waals surface area contributed by atoms with E-state index in [-0.39, 0.29) is 6.04 Å². The molecule has 0 spiro atoms. The number of aliphatic hydroxyl groups excluding tert-OH is 1. The molecule has 6 heteroatoms. The number of hydrogen-bond acceptors (Lipinski definition) is 4. The molecule has 2 aliphatic rings. The fourth-order valence-corrected chi connectivity index (χ4v) is 4.23. The summed E-state index contributed by atoms with van der Waals surface area (Å²) in [6.45, 7) is 2.05. The van der Waals surface area contributed by atoms with Crippen LogP contribution in [0.15, 0.2) is 28.9 Å². The third-order valence-corrected chi connectivity index (χ3v) is 5.81. The SMILES string of the molecule is CCC(=NOC)C1=C(c2ccc(Cl)c(Cl)c2)CC2CC(O)C1N2C. The molecule has 1 aromatic carbocycles. The van der Waals surface area contributed by atoms with E-state index in [4.69, 9.17) is 28.0 Å². The molecule has 3 unspecified atom stereocenters. The number of benzene rings is 1. The van der Waals surface area contributed by atoms with Gasteiger partial charge in [-0.2, -0.15) is 0 Å². The Morgan fingerprint density at radius 3 is 2.75 bits per heavy atom. The Kier molecular flexibility index (Phi) is 5.21. The van der Waals surface area contributed by atoms with Crippen LogP contribution in [0.1, 0.15) is 31.7 Å². The van der Waals surface area contributed by atoms with E-state index in [0.717, 1.165) is 36.1 Å². The van der Waals surface area contributed by atoms with E-state index in [2.05, 4.69) is 17.1 Å². The molecule has 0 aromatic heterocycles. The molecule has 2 heterocycles. The van der Waals surface area contributed by atoms with Crippen LogP contribution < -0.4 is 0 Å². The maximum Gasteiger partial charge on any atom is 0.106 e. The summed E-state index contributed by atoms with van der Waals surface area (Å²) < 4.78 is 0. The van der Waals surface area contributed by atoms with E-state index >= 15 is 0 Å². The summed E-state index contributed by atoms with van der Waals surface area (Å²) in [6.07, 6.45) is 1.94. The van der Waals surface area contributed by atoms with Gasteiger partial charge in [0.25, 0.3) is 0 Å². The van der Waals surface area contributed by atoms with Crippen molar-refractivity contribution in [2.24, 2.45) is 5.16 Å². The summed E-state index contributed by atoms with van der Waals surface area (Å²) in [5.41, 5.74) is 4.14. The molecule has 1 saturated heterocycles. The topological polar surface area (TPSA) is 45.1 Å². The molecule has 3 atom stereocenters. The molecule has 3 rings (SSSR count). The molecule has 2 aliphatic heterocycles. The molecule has 1 aromatic rings. The maximum absolute atomic E-state index is 10.6. The van der Waals surface area contributed by atoms with Gasteiger partial charge < -0.3 is 9.94 Å². The first-order valence-corrected chi connectivity index (χ1v) is 8.92. The van der Waals surface area contributed by atoms with Crippen molar-refractivity contribution in [3.05, 3.63) is 39.4 Å². The number of hydrogen-bond donors (Lipinski definition) is 1. The second kappa shape index (κ2) is 7.04. The summed E-state index contributed by atoms with van der Waals surface area (Å²) in [5, 5.41) is 15.9. The average Bonchev–Trinajstić information content (AvgIpc) is 2.74. The van der Waals surface area contributed by atoms with Crippen molar-refractivity contribution < 1.29 is 9.94 Å². The molecule has 1 N–H and O–H groups in total. The zero-order valence-electron chi connectivity index (χ0n) is 14.1. The summed E-state index contributed by atoms with van der Waals surface area (Å²) >= 11 is 12.3. The van der Waals surface area contributed by atoms with Crippen molar-refractivity contribution in [2.45, 2.75) is 44.4 Å². The third-order valence-electron chi connectivity index (χ3n) is 5.07. The lowest BCUT2D eigenvalue weighted by Crippen LogP contribution is -2.43. The van der Waals surface area contributed by atoms with E-state index in [0.29, 0.717) is 16.1 Å². The van der Waals surface area contributed by atoms with Crippen LogP contribution in [0.2, 0.25) is 10.0 Å². The number of halogens is 2. The Morgan fingerprint density at radius 1 is 1.38 bits per heavy atom. The number of rotatable bonds is 4. The van der Waals surface area contributed by atoms with E-state index in [9.17, 15) is 5.11 Å². The number of fused-ring (bicyclic) bond motifs is 2. The zero-order chi connectivity index (χ0) is 17.4. The maximum atomic E-state index is 10.6. The van der Waals surface area contributed by atoms with Gasteiger partial charge in [0.15, 0.2) is 0 Å². The number of oxime groups is 1. The summed E-state index contributed by atoms with van der Waals surface area (Å²) in [5.74, 6) is 0. The number of likely N-dealkylation sites (N-methyl/N-ethyl adjacent to an activating group) is 1. The van der Waals surface area contributed by atoms with Crippen molar-refractivity contribution in [1.29, 1.82) is 0 Å². The van der Waals surface area contributed by atoms with Crippen molar-refractivity contribution >= 4 is 34.5 Å². The highest BCUT2D eigenvalue weighted by atomic mass is 35.5. The number of nitrogens with zero attached hydrogens (tertiary/aromatic N) is 2. The predicted octanol–water partition coefficient (Wildman–Crippen LogP) is 4.00.